The van der Waals surface area contributed by atoms with E-state index in [-0.39, 0.29) is 0 Å². The molecule has 20 heavy (non-hydrogen) atoms. The molecule has 0 spiro atoms. The van der Waals surface area contributed by atoms with Gasteiger partial charge in [-0.1, -0.05) is 28.1 Å². The summed E-state index contributed by atoms with van der Waals surface area (Å²) >= 11 is 3.46. The van der Waals surface area contributed by atoms with Crippen molar-refractivity contribution in [1.82, 2.24) is 0 Å². The van der Waals surface area contributed by atoms with Gasteiger partial charge in [0, 0.05) is 16.7 Å². The molecular formula is C16H18BrNO2. The summed E-state index contributed by atoms with van der Waals surface area (Å²) in [5.74, 6) is 0.788. The summed E-state index contributed by atoms with van der Waals surface area (Å²) in [6.07, 6.45) is -0.555. The van der Waals surface area contributed by atoms with Gasteiger partial charge in [-0.25, -0.2) is 0 Å². The van der Waals surface area contributed by atoms with Crippen molar-refractivity contribution in [2.75, 3.05) is 19.0 Å². The summed E-state index contributed by atoms with van der Waals surface area (Å²) in [6, 6.07) is 13.5. The van der Waals surface area contributed by atoms with Crippen LogP contribution < -0.4 is 10.1 Å². The van der Waals surface area contributed by atoms with E-state index < -0.39 is 6.10 Å². The number of aryl methyl sites for hydroxylation is 1. The average molecular weight is 336 g/mol. The van der Waals surface area contributed by atoms with Crippen molar-refractivity contribution in [3.05, 3.63) is 58.1 Å². The van der Waals surface area contributed by atoms with E-state index in [1.165, 1.54) is 5.56 Å². The molecule has 0 radical (unpaired) electrons. The minimum absolute atomic E-state index is 0.461. The van der Waals surface area contributed by atoms with E-state index in [0.29, 0.717) is 6.54 Å². The number of nitrogens with one attached hydrogen (secondary N) is 1. The first kappa shape index (κ1) is 14.9. The molecular weight excluding hydrogens is 318 g/mol. The Labute approximate surface area is 127 Å². The number of hydrogen-bond acceptors (Lipinski definition) is 3. The van der Waals surface area contributed by atoms with Crippen LogP contribution in [-0.2, 0) is 0 Å². The first-order chi connectivity index (χ1) is 9.58. The van der Waals surface area contributed by atoms with E-state index >= 15 is 0 Å². The van der Waals surface area contributed by atoms with Gasteiger partial charge in [0.1, 0.15) is 5.75 Å². The minimum Gasteiger partial charge on any atom is -0.497 e. The fourth-order valence-corrected chi connectivity index (χ4v) is 2.60. The molecule has 3 nitrogen and oxygen atoms in total. The number of ether oxygens (including phenoxy) is 1. The van der Waals surface area contributed by atoms with E-state index in [1.54, 1.807) is 7.11 Å². The van der Waals surface area contributed by atoms with E-state index in [4.69, 9.17) is 4.74 Å². The lowest BCUT2D eigenvalue weighted by Gasteiger charge is -2.14. The van der Waals surface area contributed by atoms with Gasteiger partial charge in [0.2, 0.25) is 0 Å². The van der Waals surface area contributed by atoms with Gasteiger partial charge in [-0.2, -0.15) is 0 Å². The normalized spacial score (nSPS) is 12.0. The van der Waals surface area contributed by atoms with Crippen molar-refractivity contribution in [3.8, 4) is 5.75 Å². The van der Waals surface area contributed by atoms with Crippen molar-refractivity contribution in [2.45, 2.75) is 13.0 Å². The van der Waals surface area contributed by atoms with Gasteiger partial charge < -0.3 is 15.2 Å². The van der Waals surface area contributed by atoms with E-state index in [2.05, 4.69) is 21.2 Å². The summed E-state index contributed by atoms with van der Waals surface area (Å²) in [5.41, 5.74) is 3.02. The highest BCUT2D eigenvalue weighted by molar-refractivity contribution is 9.10. The third kappa shape index (κ3) is 3.99. The number of aliphatic hydroxyl groups excluding tert-OH is 1. The van der Waals surface area contributed by atoms with Gasteiger partial charge in [0.05, 0.1) is 13.2 Å². The van der Waals surface area contributed by atoms with Crippen LogP contribution in [0.3, 0.4) is 0 Å². The molecule has 0 aliphatic carbocycles. The summed E-state index contributed by atoms with van der Waals surface area (Å²) in [5, 5.41) is 13.4. The summed E-state index contributed by atoms with van der Waals surface area (Å²) in [6.45, 7) is 2.50. The van der Waals surface area contributed by atoms with Gasteiger partial charge in [-0.3, -0.25) is 0 Å². The van der Waals surface area contributed by atoms with E-state index in [9.17, 15) is 5.11 Å². The zero-order chi connectivity index (χ0) is 14.5. The van der Waals surface area contributed by atoms with E-state index in [0.717, 1.165) is 21.5 Å². The van der Waals surface area contributed by atoms with Gasteiger partial charge in [0.25, 0.3) is 0 Å². The lowest BCUT2D eigenvalue weighted by Crippen LogP contribution is -2.12. The first-order valence-corrected chi connectivity index (χ1v) is 7.21. The zero-order valence-corrected chi connectivity index (χ0v) is 13.1. The Kier molecular flexibility index (Phi) is 5.04. The average Bonchev–Trinajstić information content (AvgIpc) is 2.44. The number of methoxy groups -OCH3 is 1. The zero-order valence-electron chi connectivity index (χ0n) is 11.6. The van der Waals surface area contributed by atoms with Crippen LogP contribution in [0.2, 0.25) is 0 Å². The molecule has 0 saturated carbocycles. The van der Waals surface area contributed by atoms with Crippen LogP contribution in [0, 0.1) is 6.92 Å². The number of benzene rings is 2. The van der Waals surface area contributed by atoms with Crippen molar-refractivity contribution < 1.29 is 9.84 Å². The maximum absolute atomic E-state index is 10.2. The molecule has 0 fully saturated rings. The van der Waals surface area contributed by atoms with Crippen LogP contribution in [0.15, 0.2) is 46.9 Å². The number of hydrogen-bond donors (Lipinski definition) is 2. The predicted molar refractivity (Wildman–Crippen MR) is 85.3 cm³/mol. The summed E-state index contributed by atoms with van der Waals surface area (Å²) in [4.78, 5) is 0. The highest BCUT2D eigenvalue weighted by Gasteiger charge is 2.07. The molecule has 0 saturated heterocycles. The molecule has 2 aromatic carbocycles. The minimum atomic E-state index is -0.555. The Morgan fingerprint density at radius 1 is 1.20 bits per heavy atom. The molecule has 0 aliphatic rings. The lowest BCUT2D eigenvalue weighted by atomic mass is 10.1. The molecule has 0 aromatic heterocycles. The van der Waals surface area contributed by atoms with Crippen LogP contribution in [0.5, 0.6) is 5.75 Å². The second-order valence-electron chi connectivity index (χ2n) is 4.69. The summed E-state index contributed by atoms with van der Waals surface area (Å²) < 4.78 is 6.13. The van der Waals surface area contributed by atoms with Crippen molar-refractivity contribution in [2.24, 2.45) is 0 Å². The second kappa shape index (κ2) is 6.77. The molecule has 1 unspecified atom stereocenters. The van der Waals surface area contributed by atoms with Gasteiger partial charge >= 0.3 is 0 Å². The van der Waals surface area contributed by atoms with Gasteiger partial charge in [-0.15, -0.1) is 0 Å². The van der Waals surface area contributed by atoms with Crippen LogP contribution in [0.4, 0.5) is 5.69 Å². The number of anilines is 1. The van der Waals surface area contributed by atoms with Crippen molar-refractivity contribution in [3.63, 3.8) is 0 Å². The molecule has 0 amide bonds. The monoisotopic (exact) mass is 335 g/mol. The molecule has 4 heteroatoms. The maximum Gasteiger partial charge on any atom is 0.118 e. The highest BCUT2D eigenvalue weighted by atomic mass is 79.9. The fraction of sp³-hybridized carbons (Fsp3) is 0.250. The van der Waals surface area contributed by atoms with E-state index in [1.807, 2.05) is 49.4 Å². The molecule has 0 aliphatic heterocycles. The SMILES string of the molecule is COc1ccc(C(O)CNc2cc(C)cc(Br)c2)cc1. The molecule has 0 heterocycles. The molecule has 2 rings (SSSR count). The Morgan fingerprint density at radius 3 is 2.50 bits per heavy atom. The largest absolute Gasteiger partial charge is 0.497 e. The topological polar surface area (TPSA) is 41.5 Å². The first-order valence-electron chi connectivity index (χ1n) is 6.41. The standard InChI is InChI=1S/C16H18BrNO2/c1-11-7-13(17)9-14(8-11)18-10-16(19)12-3-5-15(20-2)6-4-12/h3-9,16,18-19H,10H2,1-2H3. The molecule has 1 atom stereocenters. The third-order valence-corrected chi connectivity index (χ3v) is 3.50. The van der Waals surface area contributed by atoms with Crippen LogP contribution in [0.25, 0.3) is 0 Å². The Morgan fingerprint density at radius 2 is 1.90 bits per heavy atom. The Bertz CT molecular complexity index is 549. The highest BCUT2D eigenvalue weighted by Crippen LogP contribution is 2.21. The van der Waals surface area contributed by atoms with Crippen LogP contribution in [0.1, 0.15) is 17.2 Å². The lowest BCUT2D eigenvalue weighted by molar-refractivity contribution is 0.191. The van der Waals surface area contributed by atoms with Gasteiger partial charge in [-0.05, 0) is 48.4 Å². The smallest absolute Gasteiger partial charge is 0.118 e. The second-order valence-corrected chi connectivity index (χ2v) is 5.60. The quantitative estimate of drug-likeness (QED) is 0.870. The Balaban J connectivity index is 1.98. The number of halogens is 1. The fourth-order valence-electron chi connectivity index (χ4n) is 2.00. The third-order valence-electron chi connectivity index (χ3n) is 3.04. The van der Waals surface area contributed by atoms with Crippen molar-refractivity contribution in [1.29, 1.82) is 0 Å². The van der Waals surface area contributed by atoms with Crippen molar-refractivity contribution >= 4 is 21.6 Å². The Hall–Kier alpha value is -1.52. The van der Waals surface area contributed by atoms with Crippen LogP contribution >= 0.6 is 15.9 Å². The number of rotatable bonds is 5. The number of aliphatic hydroxyl groups is 1. The molecule has 0 bridgehead atoms. The molecule has 2 N–H and O–H groups in total. The predicted octanol–water partition coefficient (Wildman–Crippen LogP) is 3.91. The molecule has 106 valence electrons. The van der Waals surface area contributed by atoms with Gasteiger partial charge in [0.15, 0.2) is 0 Å². The maximum atomic E-state index is 10.2. The molecule has 2 aromatic rings. The summed E-state index contributed by atoms with van der Waals surface area (Å²) in [7, 11) is 1.63. The van der Waals surface area contributed by atoms with Crippen LogP contribution in [-0.4, -0.2) is 18.8 Å².